The Balaban J connectivity index is 1.73. The Labute approximate surface area is 128 Å². The highest BCUT2D eigenvalue weighted by Crippen LogP contribution is 2.36. The van der Waals surface area contributed by atoms with Crippen LogP contribution in [0.1, 0.15) is 30.7 Å². The second-order valence-corrected chi connectivity index (χ2v) is 8.09. The number of amides is 1. The van der Waals surface area contributed by atoms with E-state index in [1.54, 1.807) is 6.07 Å². The van der Waals surface area contributed by atoms with E-state index in [4.69, 9.17) is 15.4 Å². The third-order valence-corrected chi connectivity index (χ3v) is 5.26. The molecule has 1 heterocycles. The lowest BCUT2D eigenvalue weighted by Crippen LogP contribution is -2.31. The number of hydrogen-bond donors (Lipinski definition) is 1. The SMILES string of the molecule is O=C(NCCC1CC1)C1COc2ccc(S(=O)(=O)Cl)cc21. The first-order chi connectivity index (χ1) is 9.95. The van der Waals surface area contributed by atoms with Gasteiger partial charge in [0.2, 0.25) is 5.91 Å². The molecule has 7 heteroatoms. The molecule has 1 N–H and O–H groups in total. The van der Waals surface area contributed by atoms with E-state index >= 15 is 0 Å². The zero-order valence-electron chi connectivity index (χ0n) is 11.3. The van der Waals surface area contributed by atoms with Crippen molar-refractivity contribution < 1.29 is 17.9 Å². The highest BCUT2D eigenvalue weighted by Gasteiger charge is 2.32. The predicted molar refractivity (Wildman–Crippen MR) is 78.1 cm³/mol. The van der Waals surface area contributed by atoms with Crippen LogP contribution in [0.25, 0.3) is 0 Å². The van der Waals surface area contributed by atoms with Crippen LogP contribution in [-0.4, -0.2) is 27.5 Å². The molecule has 21 heavy (non-hydrogen) atoms. The van der Waals surface area contributed by atoms with Crippen LogP contribution in [0.3, 0.4) is 0 Å². The van der Waals surface area contributed by atoms with Gasteiger partial charge in [0.05, 0.1) is 4.90 Å². The van der Waals surface area contributed by atoms with Gasteiger partial charge in [0.25, 0.3) is 9.05 Å². The molecule has 0 spiro atoms. The number of halogens is 1. The number of hydrogen-bond acceptors (Lipinski definition) is 4. The molecule has 0 saturated heterocycles. The Bertz CT molecular complexity index is 670. The number of ether oxygens (including phenoxy) is 1. The lowest BCUT2D eigenvalue weighted by atomic mass is 10.0. The first-order valence-electron chi connectivity index (χ1n) is 6.94. The lowest BCUT2D eigenvalue weighted by Gasteiger charge is -2.10. The van der Waals surface area contributed by atoms with E-state index in [-0.39, 0.29) is 17.4 Å². The van der Waals surface area contributed by atoms with E-state index in [1.165, 1.54) is 25.0 Å². The summed E-state index contributed by atoms with van der Waals surface area (Å²) in [5, 5.41) is 2.89. The van der Waals surface area contributed by atoms with E-state index in [2.05, 4.69) is 5.32 Å². The van der Waals surface area contributed by atoms with Gasteiger partial charge in [-0.25, -0.2) is 8.42 Å². The third kappa shape index (κ3) is 3.32. The molecule has 1 unspecified atom stereocenters. The van der Waals surface area contributed by atoms with Crippen LogP contribution in [0.5, 0.6) is 5.75 Å². The molecule has 0 aromatic heterocycles. The number of carbonyl (C=O) groups is 1. The molecule has 3 rings (SSSR count). The maximum Gasteiger partial charge on any atom is 0.261 e. The van der Waals surface area contributed by atoms with E-state index in [1.807, 2.05) is 0 Å². The van der Waals surface area contributed by atoms with E-state index in [0.29, 0.717) is 17.9 Å². The second-order valence-electron chi connectivity index (χ2n) is 5.52. The predicted octanol–water partition coefficient (Wildman–Crippen LogP) is 2.01. The molecule has 1 aromatic rings. The van der Waals surface area contributed by atoms with Crippen molar-refractivity contribution in [1.29, 1.82) is 0 Å². The molecular weight excluding hydrogens is 314 g/mol. The summed E-state index contributed by atoms with van der Waals surface area (Å²) in [6, 6.07) is 4.35. The van der Waals surface area contributed by atoms with Crippen molar-refractivity contribution in [3.63, 3.8) is 0 Å². The van der Waals surface area contributed by atoms with Crippen LogP contribution in [0.15, 0.2) is 23.1 Å². The molecule has 1 atom stereocenters. The van der Waals surface area contributed by atoms with E-state index in [0.717, 1.165) is 12.3 Å². The first kappa shape index (κ1) is 14.7. The van der Waals surface area contributed by atoms with Crippen molar-refractivity contribution >= 4 is 25.6 Å². The summed E-state index contributed by atoms with van der Waals surface area (Å²) in [5.74, 6) is 0.697. The summed E-state index contributed by atoms with van der Waals surface area (Å²) >= 11 is 0. The average molecular weight is 330 g/mol. The number of rotatable bonds is 5. The molecule has 1 aliphatic carbocycles. The largest absolute Gasteiger partial charge is 0.492 e. The van der Waals surface area contributed by atoms with Crippen LogP contribution in [0.2, 0.25) is 0 Å². The fraction of sp³-hybridized carbons (Fsp3) is 0.500. The topological polar surface area (TPSA) is 72.5 Å². The van der Waals surface area contributed by atoms with Gasteiger partial charge < -0.3 is 10.1 Å². The molecule has 0 radical (unpaired) electrons. The van der Waals surface area contributed by atoms with Gasteiger partial charge >= 0.3 is 0 Å². The summed E-state index contributed by atoms with van der Waals surface area (Å²) in [5.41, 5.74) is 0.584. The number of fused-ring (bicyclic) bond motifs is 1. The van der Waals surface area contributed by atoms with Gasteiger partial charge in [-0.3, -0.25) is 4.79 Å². The Morgan fingerprint density at radius 2 is 2.14 bits per heavy atom. The average Bonchev–Trinajstić information content (AvgIpc) is 3.14. The summed E-state index contributed by atoms with van der Waals surface area (Å²) in [7, 11) is 1.54. The van der Waals surface area contributed by atoms with Gasteiger partial charge in [0.1, 0.15) is 18.3 Å². The molecule has 114 valence electrons. The molecule has 0 bridgehead atoms. The number of nitrogens with one attached hydrogen (secondary N) is 1. The monoisotopic (exact) mass is 329 g/mol. The Kier molecular flexibility index (Phi) is 3.84. The first-order valence-corrected chi connectivity index (χ1v) is 9.25. The molecule has 5 nitrogen and oxygen atoms in total. The van der Waals surface area contributed by atoms with Crippen molar-refractivity contribution in [2.75, 3.05) is 13.2 Å². The molecule has 1 amide bonds. The van der Waals surface area contributed by atoms with Crippen molar-refractivity contribution in [3.8, 4) is 5.75 Å². The number of benzene rings is 1. The van der Waals surface area contributed by atoms with E-state index in [9.17, 15) is 13.2 Å². The minimum atomic E-state index is -3.81. The standard InChI is InChI=1S/C14H16ClNO4S/c15-21(18,19)10-3-4-13-11(7-10)12(8-20-13)14(17)16-6-5-9-1-2-9/h3-4,7,9,12H,1-2,5-6,8H2,(H,16,17). The van der Waals surface area contributed by atoms with Crippen LogP contribution in [0, 0.1) is 5.92 Å². The van der Waals surface area contributed by atoms with Gasteiger partial charge in [0, 0.05) is 22.8 Å². The molecule has 1 aromatic carbocycles. The zero-order chi connectivity index (χ0) is 15.0. The highest BCUT2D eigenvalue weighted by molar-refractivity contribution is 8.13. The Morgan fingerprint density at radius 1 is 1.38 bits per heavy atom. The highest BCUT2D eigenvalue weighted by atomic mass is 35.7. The fourth-order valence-corrected chi connectivity index (χ4v) is 3.28. The fourth-order valence-electron chi connectivity index (χ4n) is 2.49. The van der Waals surface area contributed by atoms with Gasteiger partial charge in [-0.1, -0.05) is 12.8 Å². The van der Waals surface area contributed by atoms with Crippen molar-refractivity contribution in [2.45, 2.75) is 30.1 Å². The molecular formula is C14H16ClNO4S. The molecule has 1 aliphatic heterocycles. The van der Waals surface area contributed by atoms with Gasteiger partial charge in [-0.15, -0.1) is 0 Å². The maximum atomic E-state index is 12.2. The normalized spacial score (nSPS) is 20.7. The summed E-state index contributed by atoms with van der Waals surface area (Å²) in [6.45, 7) is 0.888. The van der Waals surface area contributed by atoms with Crippen LogP contribution >= 0.6 is 10.7 Å². The lowest BCUT2D eigenvalue weighted by molar-refractivity contribution is -0.122. The minimum absolute atomic E-state index is 0.0100. The van der Waals surface area contributed by atoms with Crippen LogP contribution < -0.4 is 10.1 Å². The Hall–Kier alpha value is -1.27. The molecule has 2 aliphatic rings. The summed E-state index contributed by atoms with van der Waals surface area (Å²) in [4.78, 5) is 12.2. The minimum Gasteiger partial charge on any atom is -0.492 e. The number of carbonyl (C=O) groups excluding carboxylic acids is 1. The smallest absolute Gasteiger partial charge is 0.261 e. The molecule has 1 fully saturated rings. The van der Waals surface area contributed by atoms with Gasteiger partial charge in [-0.2, -0.15) is 0 Å². The summed E-state index contributed by atoms with van der Waals surface area (Å²) in [6.07, 6.45) is 3.51. The quantitative estimate of drug-likeness (QED) is 0.839. The van der Waals surface area contributed by atoms with Crippen LogP contribution in [-0.2, 0) is 13.8 Å². The van der Waals surface area contributed by atoms with Gasteiger partial charge in [0.15, 0.2) is 0 Å². The Morgan fingerprint density at radius 3 is 2.81 bits per heavy atom. The molecule has 1 saturated carbocycles. The van der Waals surface area contributed by atoms with Crippen molar-refractivity contribution in [1.82, 2.24) is 5.32 Å². The van der Waals surface area contributed by atoms with Crippen molar-refractivity contribution in [2.24, 2.45) is 5.92 Å². The summed E-state index contributed by atoms with van der Waals surface area (Å²) < 4.78 is 28.2. The van der Waals surface area contributed by atoms with Crippen molar-refractivity contribution in [3.05, 3.63) is 23.8 Å². The van der Waals surface area contributed by atoms with Crippen LogP contribution in [0.4, 0.5) is 0 Å². The second kappa shape index (κ2) is 5.50. The maximum absolute atomic E-state index is 12.2. The zero-order valence-corrected chi connectivity index (χ0v) is 12.9. The van der Waals surface area contributed by atoms with E-state index < -0.39 is 15.0 Å². The van der Waals surface area contributed by atoms with Gasteiger partial charge in [-0.05, 0) is 30.5 Å². The third-order valence-electron chi connectivity index (χ3n) is 3.91.